The Morgan fingerprint density at radius 3 is 2.50 bits per heavy atom. The Morgan fingerprint density at radius 1 is 1.39 bits per heavy atom. The van der Waals surface area contributed by atoms with Crippen molar-refractivity contribution < 1.29 is 24.6 Å². The predicted octanol–water partition coefficient (Wildman–Crippen LogP) is -0.581. The van der Waals surface area contributed by atoms with Crippen LogP contribution in [0, 0.1) is 5.92 Å². The van der Waals surface area contributed by atoms with Crippen LogP contribution in [0.3, 0.4) is 0 Å². The fourth-order valence-electron chi connectivity index (χ4n) is 1.97. The van der Waals surface area contributed by atoms with E-state index in [2.05, 4.69) is 10.6 Å². The summed E-state index contributed by atoms with van der Waals surface area (Å²) in [6.07, 6.45) is 0.466. The molecule has 3 atom stereocenters. The molecule has 102 valence electrons. The Labute approximate surface area is 105 Å². The van der Waals surface area contributed by atoms with E-state index in [0.717, 1.165) is 13.0 Å². The summed E-state index contributed by atoms with van der Waals surface area (Å²) in [4.78, 5) is 33.1. The van der Waals surface area contributed by atoms with Gasteiger partial charge in [-0.3, -0.25) is 9.59 Å². The van der Waals surface area contributed by atoms with Crippen molar-refractivity contribution in [1.29, 1.82) is 0 Å². The van der Waals surface area contributed by atoms with Crippen LogP contribution in [0.4, 0.5) is 0 Å². The highest BCUT2D eigenvalue weighted by molar-refractivity contribution is 5.87. The number of rotatable bonds is 6. The molecule has 0 aliphatic carbocycles. The van der Waals surface area contributed by atoms with E-state index in [1.54, 1.807) is 0 Å². The Bertz CT molecular complexity index is 344. The monoisotopic (exact) mass is 258 g/mol. The fourth-order valence-corrected chi connectivity index (χ4v) is 1.97. The number of hydrogen-bond acceptors (Lipinski definition) is 4. The normalized spacial score (nSPS) is 24.5. The number of hydrogen-bond donors (Lipinski definition) is 4. The molecule has 1 rings (SSSR count). The second-order valence-corrected chi connectivity index (χ2v) is 4.53. The Morgan fingerprint density at radius 2 is 2.06 bits per heavy atom. The third kappa shape index (κ3) is 3.99. The highest BCUT2D eigenvalue weighted by Crippen LogP contribution is 2.14. The van der Waals surface area contributed by atoms with Crippen molar-refractivity contribution in [2.75, 3.05) is 6.54 Å². The summed E-state index contributed by atoms with van der Waals surface area (Å²) in [6.45, 7) is 2.64. The smallest absolute Gasteiger partial charge is 0.326 e. The second-order valence-electron chi connectivity index (χ2n) is 4.53. The van der Waals surface area contributed by atoms with E-state index in [-0.39, 0.29) is 24.7 Å². The molecule has 0 saturated carbocycles. The van der Waals surface area contributed by atoms with E-state index in [1.807, 2.05) is 6.92 Å². The average molecular weight is 258 g/mol. The van der Waals surface area contributed by atoms with Crippen molar-refractivity contribution in [1.82, 2.24) is 10.6 Å². The molecular formula is C11H18N2O5. The molecule has 1 heterocycles. The van der Waals surface area contributed by atoms with E-state index < -0.39 is 24.0 Å². The van der Waals surface area contributed by atoms with Crippen molar-refractivity contribution in [3.8, 4) is 0 Å². The molecule has 7 nitrogen and oxygen atoms in total. The van der Waals surface area contributed by atoms with Crippen molar-refractivity contribution in [3.05, 3.63) is 0 Å². The van der Waals surface area contributed by atoms with Crippen LogP contribution >= 0.6 is 0 Å². The van der Waals surface area contributed by atoms with Crippen LogP contribution in [0.25, 0.3) is 0 Å². The molecule has 18 heavy (non-hydrogen) atoms. The summed E-state index contributed by atoms with van der Waals surface area (Å²) in [5.74, 6) is -2.52. The van der Waals surface area contributed by atoms with E-state index >= 15 is 0 Å². The molecule has 0 radical (unpaired) electrons. The third-order valence-electron chi connectivity index (χ3n) is 3.08. The predicted molar refractivity (Wildman–Crippen MR) is 62.0 cm³/mol. The SMILES string of the molecule is CC1CCNC1C(=O)NC(CCC(=O)O)C(=O)O. The maximum Gasteiger partial charge on any atom is 0.326 e. The van der Waals surface area contributed by atoms with Gasteiger partial charge in [-0.1, -0.05) is 6.92 Å². The van der Waals surface area contributed by atoms with Gasteiger partial charge in [0.25, 0.3) is 0 Å². The van der Waals surface area contributed by atoms with Gasteiger partial charge in [-0.15, -0.1) is 0 Å². The molecule has 0 aromatic heterocycles. The number of carbonyl (C=O) groups excluding carboxylic acids is 1. The van der Waals surface area contributed by atoms with Gasteiger partial charge in [0.1, 0.15) is 6.04 Å². The molecule has 4 N–H and O–H groups in total. The van der Waals surface area contributed by atoms with Crippen LogP contribution in [0.2, 0.25) is 0 Å². The van der Waals surface area contributed by atoms with Crippen LogP contribution in [0.15, 0.2) is 0 Å². The highest BCUT2D eigenvalue weighted by Gasteiger charge is 2.31. The minimum absolute atomic E-state index is 0.114. The lowest BCUT2D eigenvalue weighted by molar-refractivity contribution is -0.143. The number of carboxylic acid groups (broad SMARTS) is 2. The molecule has 7 heteroatoms. The van der Waals surface area contributed by atoms with Gasteiger partial charge >= 0.3 is 11.9 Å². The second kappa shape index (κ2) is 6.34. The van der Waals surface area contributed by atoms with Gasteiger partial charge in [-0.2, -0.15) is 0 Å². The molecule has 1 aliphatic heterocycles. The van der Waals surface area contributed by atoms with Crippen molar-refractivity contribution in [2.24, 2.45) is 5.92 Å². The van der Waals surface area contributed by atoms with Gasteiger partial charge in [0.2, 0.25) is 5.91 Å². The zero-order chi connectivity index (χ0) is 13.7. The molecule has 1 amide bonds. The quantitative estimate of drug-likeness (QED) is 0.506. The molecule has 0 spiro atoms. The molecule has 0 bridgehead atoms. The minimum Gasteiger partial charge on any atom is -0.481 e. The lowest BCUT2D eigenvalue weighted by Gasteiger charge is -2.19. The molecule has 0 aromatic carbocycles. The maximum atomic E-state index is 11.8. The van der Waals surface area contributed by atoms with Gasteiger partial charge in [-0.05, 0) is 25.3 Å². The van der Waals surface area contributed by atoms with Gasteiger partial charge < -0.3 is 20.8 Å². The first-order chi connectivity index (χ1) is 8.41. The zero-order valence-electron chi connectivity index (χ0n) is 10.2. The fraction of sp³-hybridized carbons (Fsp3) is 0.727. The van der Waals surface area contributed by atoms with Crippen molar-refractivity contribution in [3.63, 3.8) is 0 Å². The number of nitrogens with one attached hydrogen (secondary N) is 2. The average Bonchev–Trinajstić information content (AvgIpc) is 2.69. The molecule has 1 saturated heterocycles. The Hall–Kier alpha value is -1.63. The standard InChI is InChI=1S/C11H18N2O5/c1-6-4-5-12-9(6)10(16)13-7(11(17)18)2-3-8(14)15/h6-7,9,12H,2-5H2,1H3,(H,13,16)(H,14,15)(H,17,18). The largest absolute Gasteiger partial charge is 0.481 e. The molecule has 1 fully saturated rings. The van der Waals surface area contributed by atoms with Crippen LogP contribution in [-0.4, -0.2) is 46.7 Å². The molecule has 1 aliphatic rings. The highest BCUT2D eigenvalue weighted by atomic mass is 16.4. The summed E-state index contributed by atoms with van der Waals surface area (Å²) in [6, 6.07) is -1.54. The lowest BCUT2D eigenvalue weighted by Crippen LogP contribution is -2.50. The number of carbonyl (C=O) groups is 3. The summed E-state index contributed by atoms with van der Waals surface area (Å²) in [5.41, 5.74) is 0. The van der Waals surface area contributed by atoms with Crippen molar-refractivity contribution in [2.45, 2.75) is 38.3 Å². The Balaban J connectivity index is 2.52. The maximum absolute atomic E-state index is 11.8. The van der Waals surface area contributed by atoms with Gasteiger partial charge in [0, 0.05) is 6.42 Å². The summed E-state index contributed by atoms with van der Waals surface area (Å²) in [5, 5.41) is 22.8. The molecule has 3 unspecified atom stereocenters. The summed E-state index contributed by atoms with van der Waals surface area (Å²) in [7, 11) is 0. The summed E-state index contributed by atoms with van der Waals surface area (Å²) < 4.78 is 0. The molecule has 0 aromatic rings. The molecular weight excluding hydrogens is 240 g/mol. The van der Waals surface area contributed by atoms with Gasteiger partial charge in [0.05, 0.1) is 6.04 Å². The van der Waals surface area contributed by atoms with Crippen molar-refractivity contribution >= 4 is 17.8 Å². The van der Waals surface area contributed by atoms with E-state index in [4.69, 9.17) is 10.2 Å². The zero-order valence-corrected chi connectivity index (χ0v) is 10.2. The van der Waals surface area contributed by atoms with Crippen LogP contribution < -0.4 is 10.6 Å². The topological polar surface area (TPSA) is 116 Å². The van der Waals surface area contributed by atoms with Crippen LogP contribution in [-0.2, 0) is 14.4 Å². The minimum atomic E-state index is -1.21. The van der Waals surface area contributed by atoms with E-state index in [0.29, 0.717) is 0 Å². The van der Waals surface area contributed by atoms with Gasteiger partial charge in [-0.25, -0.2) is 4.79 Å². The van der Waals surface area contributed by atoms with E-state index in [1.165, 1.54) is 0 Å². The van der Waals surface area contributed by atoms with Crippen LogP contribution in [0.5, 0.6) is 0 Å². The third-order valence-corrected chi connectivity index (χ3v) is 3.08. The number of carboxylic acids is 2. The first-order valence-corrected chi connectivity index (χ1v) is 5.90. The van der Waals surface area contributed by atoms with E-state index in [9.17, 15) is 14.4 Å². The van der Waals surface area contributed by atoms with Gasteiger partial charge in [0.15, 0.2) is 0 Å². The Kier molecular flexibility index (Phi) is 5.08. The number of aliphatic carboxylic acids is 2. The lowest BCUT2D eigenvalue weighted by atomic mass is 10.0. The summed E-state index contributed by atoms with van der Waals surface area (Å²) >= 11 is 0. The number of amides is 1. The first-order valence-electron chi connectivity index (χ1n) is 5.90. The first kappa shape index (κ1) is 14.4. The van der Waals surface area contributed by atoms with Crippen LogP contribution in [0.1, 0.15) is 26.2 Å².